The molecule has 39 nitrogen and oxygen atoms in total. The van der Waals surface area contributed by atoms with Crippen molar-refractivity contribution in [2.45, 2.75) is 288 Å². The van der Waals surface area contributed by atoms with Crippen molar-refractivity contribution >= 4 is 64.9 Å². The third-order valence-corrected chi connectivity index (χ3v) is 18.5. The van der Waals surface area contributed by atoms with Crippen LogP contribution in [-0.4, -0.2) is 327 Å². The van der Waals surface area contributed by atoms with Crippen LogP contribution in [0.5, 0.6) is 0 Å². The summed E-state index contributed by atoms with van der Waals surface area (Å²) in [6, 6.07) is -3.18. The van der Waals surface area contributed by atoms with Gasteiger partial charge in [-0.2, -0.15) is 0 Å². The zero-order valence-electron chi connectivity index (χ0n) is 68.5. The minimum atomic E-state index is -1.46. The number of amides is 10. The van der Waals surface area contributed by atoms with Gasteiger partial charge in [-0.05, 0) is 77.6 Å². The quantitative estimate of drug-likeness (QED) is 0.0209. The van der Waals surface area contributed by atoms with Gasteiger partial charge < -0.3 is 142 Å². The predicted octanol–water partition coefficient (Wildman–Crippen LogP) is -3.31. The number of hydrogen-bond acceptors (Lipinski definition) is 29. The molecule has 12 unspecified atom stereocenters. The molecule has 2 rings (SSSR count). The fourth-order valence-corrected chi connectivity index (χ4v) is 11.9. The minimum absolute atomic E-state index is 0.0612. The Hall–Kier alpha value is -6.35. The van der Waals surface area contributed by atoms with Crippen molar-refractivity contribution in [3.8, 4) is 0 Å². The molecular weight excluding hydrogens is 1520 g/mol. The molecule has 2 saturated heterocycles. The number of carbonyl (C=O) groups excluding carboxylic acids is 11. The molecular formula is C76H138N10O29. The second-order valence-corrected chi connectivity index (χ2v) is 30.0. The Morgan fingerprint density at radius 3 is 1.10 bits per heavy atom. The molecule has 0 saturated carbocycles. The molecule has 115 heavy (non-hydrogen) atoms. The van der Waals surface area contributed by atoms with E-state index in [9.17, 15) is 98.7 Å². The largest absolute Gasteiger partial charge is 0.394 e. The Kier molecular flexibility index (Phi) is 55.6. The molecule has 2 aliphatic rings. The highest BCUT2D eigenvalue weighted by molar-refractivity contribution is 5.83. The van der Waals surface area contributed by atoms with E-state index in [-0.39, 0.29) is 191 Å². The van der Waals surface area contributed by atoms with E-state index in [1.54, 1.807) is 0 Å². The number of aliphatic hydroxyl groups is 9. The lowest BCUT2D eigenvalue weighted by molar-refractivity contribution is -0.270. The van der Waals surface area contributed by atoms with Gasteiger partial charge in [0.2, 0.25) is 59.1 Å². The lowest BCUT2D eigenvalue weighted by Crippen LogP contribution is -2.64. The van der Waals surface area contributed by atoms with Crippen LogP contribution in [-0.2, 0) is 95.4 Å². The summed E-state index contributed by atoms with van der Waals surface area (Å²) in [6.07, 6.45) is -4.94. The zero-order valence-corrected chi connectivity index (χ0v) is 68.5. The average molecular weight is 1660 g/mol. The van der Waals surface area contributed by atoms with Gasteiger partial charge in [-0.1, -0.05) is 46.5 Å². The summed E-state index contributed by atoms with van der Waals surface area (Å²) in [7, 11) is 0. The summed E-state index contributed by atoms with van der Waals surface area (Å²) < 4.78 is 52.2. The van der Waals surface area contributed by atoms with Gasteiger partial charge in [0.05, 0.1) is 72.2 Å². The van der Waals surface area contributed by atoms with Gasteiger partial charge in [0.15, 0.2) is 18.9 Å². The number of carbonyl (C=O) groups is 11. The smallest absolute Gasteiger partial charge is 0.222 e. The van der Waals surface area contributed by atoms with Gasteiger partial charge in [-0.15, -0.1) is 0 Å². The molecule has 2 aliphatic heterocycles. The summed E-state index contributed by atoms with van der Waals surface area (Å²) in [5.41, 5.74) is -1.83. The summed E-state index contributed by atoms with van der Waals surface area (Å²) in [5, 5.41) is 117. The van der Waals surface area contributed by atoms with Crippen LogP contribution in [0, 0.1) is 5.41 Å². The first-order valence-electron chi connectivity index (χ1n) is 40.4. The van der Waals surface area contributed by atoms with Crippen LogP contribution < -0.4 is 53.2 Å². The van der Waals surface area contributed by atoms with Crippen molar-refractivity contribution in [1.82, 2.24) is 53.2 Å². The van der Waals surface area contributed by atoms with Crippen LogP contribution in [0.1, 0.15) is 196 Å². The standard InChI is InChI=1S/C76H138N10O29/c1-50(91)55(44-88)113-72(54(43-87)83-51(2)92)110-37-17-14-24-59(96)77-31-20-34-80-62(99)28-40-107-47-76(86-65(102)27-13-11-9-8-10-12-23-58(95)75(5,6)7,48-108-41-29-63(100)81-35-21-32-78-60(97)25-15-18-38-111-73-66(84-52(3)93)70(105)68(103)56(45-89)114-73)49-109-42-30-64(101)82-36-22-33-79-61(98)26-16-19-39-112-74-67(85-53(4)94)71(106)69(104)57(46-90)115-74/h50,54-57,66-74,87-91,103-106H,8-49H2,1-7H3,(H,77,96)(H,78,97)(H,79,98)(H,80,99)(H,81,100)(H,82,101)(H,83,92)(H,84,93)(H,85,94)(H,86,102)/t50-,54-,55?,56?,57?,66?,67?,68?,69?,70?,71?,72?,73?,74?,76?/m0/s1. The molecule has 2 heterocycles. The number of Topliss-reactive ketones (excluding diaryl/α,β-unsaturated/α-hetero) is 1. The first-order valence-corrected chi connectivity index (χ1v) is 40.4. The molecule has 0 aromatic carbocycles. The van der Waals surface area contributed by atoms with E-state index < -0.39 is 141 Å². The van der Waals surface area contributed by atoms with Gasteiger partial charge >= 0.3 is 0 Å². The molecule has 10 amide bonds. The molecule has 0 aromatic rings. The second kappa shape index (κ2) is 61.0. The summed E-state index contributed by atoms with van der Waals surface area (Å²) in [4.78, 5) is 139. The third kappa shape index (κ3) is 47.1. The molecule has 0 aliphatic carbocycles. The SMILES string of the molecule is CC(=O)NC1C(OCCCCC(=O)NCCCNC(=O)CCOCC(COCCC(=O)NCCCNC(=O)CCCCOC2OC(CO)C(O)C(O)C2NC(C)=O)(COCCC(=O)NCCCNC(=O)CCCCOC(OC(CO)[C@H](C)O)[C@H](CO)NC(C)=O)NC(=O)CCCCCCCCC(=O)C(C)(C)C)OC(CO)C(O)C1O. The van der Waals surface area contributed by atoms with E-state index in [0.717, 1.165) is 32.1 Å². The van der Waals surface area contributed by atoms with Crippen LogP contribution in [0.2, 0.25) is 0 Å². The van der Waals surface area contributed by atoms with Crippen molar-refractivity contribution in [2.24, 2.45) is 5.41 Å². The topological polar surface area (TPSA) is 573 Å². The predicted molar refractivity (Wildman–Crippen MR) is 413 cm³/mol. The average Bonchev–Trinajstić information content (AvgIpc) is 0.812. The van der Waals surface area contributed by atoms with Crippen LogP contribution >= 0.6 is 0 Å². The molecule has 2 fully saturated rings. The first-order chi connectivity index (χ1) is 54.8. The maximum absolute atomic E-state index is 13.9. The fourth-order valence-electron chi connectivity index (χ4n) is 11.9. The highest BCUT2D eigenvalue weighted by Gasteiger charge is 2.47. The zero-order chi connectivity index (χ0) is 85.6. The van der Waals surface area contributed by atoms with Gasteiger partial charge in [-0.3, -0.25) is 52.7 Å². The molecule has 39 heteroatoms. The normalized spacial score (nSPS) is 21.1. The molecule has 0 aromatic heterocycles. The second-order valence-electron chi connectivity index (χ2n) is 30.0. The van der Waals surface area contributed by atoms with Crippen molar-refractivity contribution in [1.29, 1.82) is 0 Å². The van der Waals surface area contributed by atoms with Crippen molar-refractivity contribution in [2.75, 3.05) is 125 Å². The lowest BCUT2D eigenvalue weighted by atomic mass is 9.88. The van der Waals surface area contributed by atoms with Gasteiger partial charge in [-0.25, -0.2) is 0 Å². The number of aliphatic hydroxyl groups excluding tert-OH is 9. The fraction of sp³-hybridized carbons (Fsp3) is 0.855. The number of ether oxygens (including phenoxy) is 9. The van der Waals surface area contributed by atoms with Crippen LogP contribution in [0.4, 0.5) is 0 Å². The monoisotopic (exact) mass is 1650 g/mol. The Morgan fingerprint density at radius 1 is 0.409 bits per heavy atom. The van der Waals surface area contributed by atoms with Crippen molar-refractivity contribution < 1.29 is 141 Å². The van der Waals surface area contributed by atoms with Gasteiger partial charge in [0, 0.05) is 137 Å². The molecule has 0 spiro atoms. The number of ketones is 1. The van der Waals surface area contributed by atoms with Crippen LogP contribution in [0.25, 0.3) is 0 Å². The number of nitrogens with one attached hydrogen (secondary N) is 10. The summed E-state index contributed by atoms with van der Waals surface area (Å²) >= 11 is 0. The van der Waals surface area contributed by atoms with Gasteiger partial charge in [0.1, 0.15) is 72.2 Å². The summed E-state index contributed by atoms with van der Waals surface area (Å²) in [6.45, 7) is 8.98. The van der Waals surface area contributed by atoms with E-state index >= 15 is 0 Å². The Balaban J connectivity index is 2.06. The number of unbranched alkanes of at least 4 members (excludes halogenated alkanes) is 8. The Morgan fingerprint density at radius 2 is 0.757 bits per heavy atom. The van der Waals surface area contributed by atoms with Crippen LogP contribution in [0.15, 0.2) is 0 Å². The summed E-state index contributed by atoms with van der Waals surface area (Å²) in [5.74, 6) is -3.49. The number of rotatable bonds is 66. The molecule has 0 radical (unpaired) electrons. The molecule has 666 valence electrons. The maximum Gasteiger partial charge on any atom is 0.222 e. The Bertz CT molecular complexity index is 2690. The first kappa shape index (κ1) is 105. The number of hydrogen-bond donors (Lipinski definition) is 19. The van der Waals surface area contributed by atoms with E-state index in [0.29, 0.717) is 70.6 Å². The van der Waals surface area contributed by atoms with Crippen molar-refractivity contribution in [3.05, 3.63) is 0 Å². The van der Waals surface area contributed by atoms with E-state index in [2.05, 4.69) is 53.2 Å². The lowest BCUT2D eigenvalue weighted by Gasteiger charge is -2.42. The highest BCUT2D eigenvalue weighted by atomic mass is 16.7. The van der Waals surface area contributed by atoms with Gasteiger partial charge in [0.25, 0.3) is 0 Å². The van der Waals surface area contributed by atoms with E-state index in [1.807, 2.05) is 20.8 Å². The van der Waals surface area contributed by atoms with E-state index in [4.69, 9.17) is 42.6 Å². The molecule has 0 bridgehead atoms. The Labute approximate surface area is 675 Å². The minimum Gasteiger partial charge on any atom is -0.394 e. The molecule has 14 atom stereocenters. The highest BCUT2D eigenvalue weighted by Crippen LogP contribution is 2.25. The third-order valence-electron chi connectivity index (χ3n) is 18.5. The van der Waals surface area contributed by atoms with E-state index in [1.165, 1.54) is 27.7 Å². The van der Waals surface area contributed by atoms with Crippen LogP contribution in [0.3, 0.4) is 0 Å². The maximum atomic E-state index is 13.9. The molecule has 19 N–H and O–H groups in total. The van der Waals surface area contributed by atoms with Crippen molar-refractivity contribution in [3.63, 3.8) is 0 Å².